The van der Waals surface area contributed by atoms with Crippen molar-refractivity contribution in [1.29, 1.82) is 0 Å². The lowest BCUT2D eigenvalue weighted by Crippen LogP contribution is -1.93. The van der Waals surface area contributed by atoms with E-state index in [4.69, 9.17) is 16.3 Å². The summed E-state index contributed by atoms with van der Waals surface area (Å²) < 4.78 is 23.7. The fraction of sp³-hybridized carbons (Fsp3) is 0. The van der Waals surface area contributed by atoms with Crippen LogP contribution in [0.25, 0.3) is 5.69 Å². The van der Waals surface area contributed by atoms with Gasteiger partial charge in [-0.3, -0.25) is 0 Å². The smallest absolute Gasteiger partial charge is 0.165 e. The van der Waals surface area contributed by atoms with E-state index in [0.29, 0.717) is 16.5 Å². The van der Waals surface area contributed by atoms with Gasteiger partial charge in [0.05, 0.1) is 23.1 Å². The Morgan fingerprint density at radius 1 is 1.00 bits per heavy atom. The van der Waals surface area contributed by atoms with Crippen LogP contribution in [0.4, 0.5) is 10.1 Å². The van der Waals surface area contributed by atoms with Crippen molar-refractivity contribution in [2.75, 3.05) is 4.72 Å². The Morgan fingerprint density at radius 3 is 2.54 bits per heavy atom. The lowest BCUT2D eigenvalue weighted by molar-refractivity contribution is 0.483. The van der Waals surface area contributed by atoms with E-state index in [0.717, 1.165) is 16.3 Å². The van der Waals surface area contributed by atoms with Crippen LogP contribution in [0, 0.1) is 5.82 Å². The fourth-order valence-electron chi connectivity index (χ4n) is 2.47. The van der Waals surface area contributed by atoms with Gasteiger partial charge in [0.15, 0.2) is 5.75 Å². The van der Waals surface area contributed by atoms with Crippen molar-refractivity contribution in [2.24, 2.45) is 0 Å². The Hall–Kier alpha value is -2.96. The van der Waals surface area contributed by atoms with Crippen molar-refractivity contribution in [2.45, 2.75) is 4.90 Å². The molecular formula is C21H15ClFN3OS. The maximum absolute atomic E-state index is 13.0. The third kappa shape index (κ3) is 4.47. The molecule has 1 aromatic heterocycles. The minimum atomic E-state index is -0.293. The van der Waals surface area contributed by atoms with Crippen molar-refractivity contribution in [3.05, 3.63) is 96.0 Å². The summed E-state index contributed by atoms with van der Waals surface area (Å²) in [6, 6.07) is 21.5. The molecule has 0 aliphatic rings. The highest BCUT2D eigenvalue weighted by atomic mass is 35.5. The number of benzene rings is 3. The van der Waals surface area contributed by atoms with Gasteiger partial charge in [0.1, 0.15) is 11.6 Å². The summed E-state index contributed by atoms with van der Waals surface area (Å²) in [4.78, 5) is 1.10. The number of nitrogens with one attached hydrogen (secondary N) is 1. The van der Waals surface area contributed by atoms with Crippen molar-refractivity contribution in [3.8, 4) is 17.2 Å². The van der Waals surface area contributed by atoms with Crippen molar-refractivity contribution < 1.29 is 9.13 Å². The van der Waals surface area contributed by atoms with E-state index in [1.54, 1.807) is 41.3 Å². The molecule has 4 rings (SSSR count). The van der Waals surface area contributed by atoms with Gasteiger partial charge in [0, 0.05) is 10.6 Å². The largest absolute Gasteiger partial charge is 0.452 e. The number of anilines is 1. The van der Waals surface area contributed by atoms with E-state index in [1.165, 1.54) is 24.1 Å². The van der Waals surface area contributed by atoms with E-state index in [9.17, 15) is 4.39 Å². The van der Waals surface area contributed by atoms with Gasteiger partial charge in [-0.2, -0.15) is 5.10 Å². The maximum atomic E-state index is 13.0. The van der Waals surface area contributed by atoms with Crippen LogP contribution in [-0.4, -0.2) is 9.78 Å². The second kappa shape index (κ2) is 8.37. The molecule has 0 amide bonds. The Morgan fingerprint density at radius 2 is 1.79 bits per heavy atom. The van der Waals surface area contributed by atoms with E-state index in [-0.39, 0.29) is 5.82 Å². The molecule has 3 aromatic carbocycles. The minimum Gasteiger partial charge on any atom is -0.452 e. The Bertz CT molecular complexity index is 1070. The van der Waals surface area contributed by atoms with Crippen LogP contribution in [0.3, 0.4) is 0 Å². The predicted octanol–water partition coefficient (Wildman–Crippen LogP) is 6.58. The Kier molecular flexibility index (Phi) is 5.50. The van der Waals surface area contributed by atoms with Crippen LogP contribution >= 0.6 is 23.5 Å². The quantitative estimate of drug-likeness (QED) is 0.364. The molecule has 0 atom stereocenters. The molecule has 28 heavy (non-hydrogen) atoms. The van der Waals surface area contributed by atoms with E-state index >= 15 is 0 Å². The lowest BCUT2D eigenvalue weighted by atomic mass is 10.3. The number of nitrogens with zero attached hydrogens (tertiary/aromatic N) is 2. The summed E-state index contributed by atoms with van der Waals surface area (Å²) in [5, 5.41) is 4.71. The van der Waals surface area contributed by atoms with Crippen LogP contribution < -0.4 is 9.46 Å². The molecular weight excluding hydrogens is 397 g/mol. The van der Waals surface area contributed by atoms with Gasteiger partial charge in [-0.05, 0) is 66.5 Å². The zero-order valence-corrected chi connectivity index (χ0v) is 16.1. The Balaban J connectivity index is 1.43. The summed E-state index contributed by atoms with van der Waals surface area (Å²) in [6.07, 6.45) is 3.29. The van der Waals surface area contributed by atoms with Crippen molar-refractivity contribution in [3.63, 3.8) is 0 Å². The highest BCUT2D eigenvalue weighted by Crippen LogP contribution is 2.33. The van der Waals surface area contributed by atoms with Crippen molar-refractivity contribution in [1.82, 2.24) is 9.78 Å². The first-order valence-corrected chi connectivity index (χ1v) is 9.63. The molecule has 0 saturated heterocycles. The fourth-order valence-corrected chi connectivity index (χ4v) is 3.35. The molecule has 4 aromatic rings. The van der Waals surface area contributed by atoms with Gasteiger partial charge in [-0.25, -0.2) is 9.07 Å². The van der Waals surface area contributed by atoms with E-state index in [2.05, 4.69) is 9.82 Å². The topological polar surface area (TPSA) is 39.1 Å². The molecule has 0 radical (unpaired) electrons. The second-order valence-electron chi connectivity index (χ2n) is 5.86. The maximum Gasteiger partial charge on any atom is 0.165 e. The monoisotopic (exact) mass is 411 g/mol. The number of rotatable bonds is 6. The van der Waals surface area contributed by atoms with E-state index < -0.39 is 0 Å². The first kappa shape index (κ1) is 18.4. The van der Waals surface area contributed by atoms with Gasteiger partial charge >= 0.3 is 0 Å². The average Bonchev–Trinajstić information content (AvgIpc) is 3.18. The molecule has 1 heterocycles. The van der Waals surface area contributed by atoms with Gasteiger partial charge in [0.2, 0.25) is 0 Å². The van der Waals surface area contributed by atoms with E-state index in [1.807, 2.05) is 36.4 Å². The average molecular weight is 412 g/mol. The normalized spacial score (nSPS) is 10.6. The third-order valence-corrected chi connectivity index (χ3v) is 4.98. The highest BCUT2D eigenvalue weighted by Gasteiger charge is 2.08. The number of aromatic nitrogens is 2. The van der Waals surface area contributed by atoms with Gasteiger partial charge < -0.3 is 9.46 Å². The number of ether oxygens (including phenoxy) is 1. The molecule has 0 aliphatic carbocycles. The first-order chi connectivity index (χ1) is 13.7. The molecule has 0 aliphatic heterocycles. The predicted molar refractivity (Wildman–Crippen MR) is 111 cm³/mol. The van der Waals surface area contributed by atoms with Gasteiger partial charge in [-0.15, -0.1) is 0 Å². The van der Waals surface area contributed by atoms with Gasteiger partial charge in [0.25, 0.3) is 0 Å². The number of halogens is 2. The highest BCUT2D eigenvalue weighted by molar-refractivity contribution is 8.00. The summed E-state index contributed by atoms with van der Waals surface area (Å²) >= 11 is 7.86. The molecule has 140 valence electrons. The number of hydrogen-bond acceptors (Lipinski definition) is 4. The van der Waals surface area contributed by atoms with Crippen molar-refractivity contribution >= 4 is 29.2 Å². The summed E-state index contributed by atoms with van der Waals surface area (Å²) in [6.45, 7) is 0. The molecule has 0 spiro atoms. The zero-order valence-electron chi connectivity index (χ0n) is 14.5. The SMILES string of the molecule is Fc1ccc(-n2cc(Oc3ccc(NSc4ccccc4)cc3Cl)cn2)cc1. The van der Waals surface area contributed by atoms with Crippen LogP contribution in [0.5, 0.6) is 11.5 Å². The molecule has 0 bridgehead atoms. The van der Waals surface area contributed by atoms with Crippen LogP contribution in [0.15, 0.2) is 90.1 Å². The van der Waals surface area contributed by atoms with Crippen LogP contribution in [0.1, 0.15) is 0 Å². The second-order valence-corrected chi connectivity index (χ2v) is 7.15. The molecule has 0 fully saturated rings. The number of hydrogen-bond donors (Lipinski definition) is 1. The van der Waals surface area contributed by atoms with Crippen LogP contribution in [-0.2, 0) is 0 Å². The summed E-state index contributed by atoms with van der Waals surface area (Å²) in [5.41, 5.74) is 1.60. The molecule has 4 nitrogen and oxygen atoms in total. The first-order valence-electron chi connectivity index (χ1n) is 8.43. The summed E-state index contributed by atoms with van der Waals surface area (Å²) in [5.74, 6) is 0.763. The van der Waals surface area contributed by atoms with Crippen LogP contribution in [0.2, 0.25) is 5.02 Å². The zero-order chi connectivity index (χ0) is 19.3. The molecule has 1 N–H and O–H groups in total. The standard InChI is InChI=1S/C21H15ClFN3OS/c22-20-12-16(25-28-19-4-2-1-3-5-19)8-11-21(20)27-18-13-24-26(14-18)17-9-6-15(23)7-10-17/h1-14,25H. The minimum absolute atomic E-state index is 0.293. The molecule has 7 heteroatoms. The van der Waals surface area contributed by atoms with Gasteiger partial charge in [-0.1, -0.05) is 29.8 Å². The molecule has 0 saturated carbocycles. The third-order valence-electron chi connectivity index (χ3n) is 3.84. The molecule has 0 unspecified atom stereocenters. The lowest BCUT2D eigenvalue weighted by Gasteiger charge is -2.09. The summed E-state index contributed by atoms with van der Waals surface area (Å²) in [7, 11) is 0. The Labute approximate surface area is 171 Å².